The first-order chi connectivity index (χ1) is 7.15. The Bertz CT molecular complexity index is 319. The molecule has 0 aliphatic rings. The number of ether oxygens (including phenoxy) is 2. The molecule has 0 radical (unpaired) electrons. The molecule has 6 nitrogen and oxygen atoms in total. The summed E-state index contributed by atoms with van der Waals surface area (Å²) < 4.78 is 9.97. The average molecular weight is 212 g/mol. The SMILES string of the molecule is COCC(C)Nc1cc(OC)nc(N)n1. The van der Waals surface area contributed by atoms with Crippen molar-refractivity contribution < 1.29 is 9.47 Å². The van der Waals surface area contributed by atoms with Crippen LogP contribution >= 0.6 is 0 Å². The maximum atomic E-state index is 5.51. The van der Waals surface area contributed by atoms with Crippen molar-refractivity contribution in [3.05, 3.63) is 6.07 Å². The third-order valence-corrected chi connectivity index (χ3v) is 1.74. The molecule has 0 fully saturated rings. The van der Waals surface area contributed by atoms with Crippen LogP contribution in [0.4, 0.5) is 11.8 Å². The van der Waals surface area contributed by atoms with Gasteiger partial charge in [0, 0.05) is 19.2 Å². The number of nitrogens with two attached hydrogens (primary N) is 1. The fourth-order valence-corrected chi connectivity index (χ4v) is 1.17. The maximum Gasteiger partial charge on any atom is 0.225 e. The number of aromatic nitrogens is 2. The van der Waals surface area contributed by atoms with Gasteiger partial charge in [0.15, 0.2) is 0 Å². The zero-order valence-electron chi connectivity index (χ0n) is 9.15. The zero-order chi connectivity index (χ0) is 11.3. The summed E-state index contributed by atoms with van der Waals surface area (Å²) >= 11 is 0. The van der Waals surface area contributed by atoms with E-state index in [4.69, 9.17) is 15.2 Å². The molecule has 1 aromatic heterocycles. The molecule has 1 heterocycles. The molecule has 1 aromatic rings. The Kier molecular flexibility index (Phi) is 4.11. The molecule has 0 amide bonds. The number of nitrogen functional groups attached to an aromatic ring is 1. The first-order valence-electron chi connectivity index (χ1n) is 4.59. The van der Waals surface area contributed by atoms with Crippen LogP contribution in [0.15, 0.2) is 6.07 Å². The Morgan fingerprint density at radius 3 is 2.80 bits per heavy atom. The molecule has 84 valence electrons. The van der Waals surface area contributed by atoms with Crippen LogP contribution < -0.4 is 15.8 Å². The molecule has 1 atom stereocenters. The summed E-state index contributed by atoms with van der Waals surface area (Å²) in [6, 6.07) is 1.83. The lowest BCUT2D eigenvalue weighted by atomic mass is 10.3. The van der Waals surface area contributed by atoms with Gasteiger partial charge < -0.3 is 20.5 Å². The van der Waals surface area contributed by atoms with Crippen LogP contribution in [0, 0.1) is 0 Å². The number of anilines is 2. The first kappa shape index (κ1) is 11.5. The highest BCUT2D eigenvalue weighted by Gasteiger charge is 2.05. The quantitative estimate of drug-likeness (QED) is 0.740. The number of hydrogen-bond donors (Lipinski definition) is 2. The summed E-state index contributed by atoms with van der Waals surface area (Å²) in [5, 5.41) is 3.12. The average Bonchev–Trinajstić information content (AvgIpc) is 2.17. The standard InChI is InChI=1S/C9H16N4O2/c1-6(5-14-2)11-7-4-8(15-3)13-9(10)12-7/h4,6H,5H2,1-3H3,(H3,10,11,12,13). The van der Waals surface area contributed by atoms with Gasteiger partial charge in [-0.3, -0.25) is 0 Å². The molecular weight excluding hydrogens is 196 g/mol. The minimum absolute atomic E-state index is 0.147. The van der Waals surface area contributed by atoms with Crippen molar-refractivity contribution in [1.29, 1.82) is 0 Å². The molecule has 1 unspecified atom stereocenters. The molecule has 0 aliphatic heterocycles. The van der Waals surface area contributed by atoms with Crippen molar-refractivity contribution in [2.24, 2.45) is 0 Å². The Labute approximate surface area is 88.8 Å². The van der Waals surface area contributed by atoms with Crippen LogP contribution in [0.25, 0.3) is 0 Å². The molecule has 3 N–H and O–H groups in total. The van der Waals surface area contributed by atoms with E-state index in [1.807, 2.05) is 6.92 Å². The molecule has 15 heavy (non-hydrogen) atoms. The van der Waals surface area contributed by atoms with Gasteiger partial charge in [-0.15, -0.1) is 0 Å². The predicted molar refractivity (Wildman–Crippen MR) is 58.0 cm³/mol. The van der Waals surface area contributed by atoms with Gasteiger partial charge in [-0.25, -0.2) is 0 Å². The lowest BCUT2D eigenvalue weighted by molar-refractivity contribution is 0.190. The lowest BCUT2D eigenvalue weighted by Crippen LogP contribution is -2.21. The van der Waals surface area contributed by atoms with Crippen molar-refractivity contribution in [3.63, 3.8) is 0 Å². The second-order valence-corrected chi connectivity index (χ2v) is 3.15. The van der Waals surface area contributed by atoms with Gasteiger partial charge in [0.2, 0.25) is 11.8 Å². The van der Waals surface area contributed by atoms with E-state index in [0.717, 1.165) is 0 Å². The second kappa shape index (κ2) is 5.35. The van der Waals surface area contributed by atoms with E-state index in [1.54, 1.807) is 13.2 Å². The molecule has 0 aromatic carbocycles. The normalized spacial score (nSPS) is 12.2. The molecule has 0 saturated carbocycles. The summed E-state index contributed by atoms with van der Waals surface area (Å²) in [5.41, 5.74) is 5.51. The van der Waals surface area contributed by atoms with Gasteiger partial charge in [0.25, 0.3) is 0 Å². The van der Waals surface area contributed by atoms with Crippen LogP contribution in [-0.2, 0) is 4.74 Å². The molecule has 0 saturated heterocycles. The van der Waals surface area contributed by atoms with E-state index in [-0.39, 0.29) is 12.0 Å². The molecule has 0 aliphatic carbocycles. The zero-order valence-corrected chi connectivity index (χ0v) is 9.15. The molecule has 6 heteroatoms. The molecular formula is C9H16N4O2. The van der Waals surface area contributed by atoms with Crippen LogP contribution in [0.3, 0.4) is 0 Å². The molecule has 0 spiro atoms. The van der Waals surface area contributed by atoms with Gasteiger partial charge in [-0.2, -0.15) is 9.97 Å². The fourth-order valence-electron chi connectivity index (χ4n) is 1.17. The van der Waals surface area contributed by atoms with Crippen LogP contribution in [0.1, 0.15) is 6.92 Å². The molecule has 0 bridgehead atoms. The summed E-state index contributed by atoms with van der Waals surface area (Å²) in [5.74, 6) is 1.25. The number of hydrogen-bond acceptors (Lipinski definition) is 6. The Morgan fingerprint density at radius 2 is 2.20 bits per heavy atom. The van der Waals surface area contributed by atoms with Crippen molar-refractivity contribution in [1.82, 2.24) is 9.97 Å². The highest BCUT2D eigenvalue weighted by Crippen LogP contribution is 2.14. The van der Waals surface area contributed by atoms with Crippen LogP contribution in [0.5, 0.6) is 5.88 Å². The minimum Gasteiger partial charge on any atom is -0.481 e. The second-order valence-electron chi connectivity index (χ2n) is 3.15. The molecule has 1 rings (SSSR count). The Balaban J connectivity index is 2.71. The summed E-state index contributed by atoms with van der Waals surface area (Å²) in [6.07, 6.45) is 0. The van der Waals surface area contributed by atoms with Crippen LogP contribution in [0.2, 0.25) is 0 Å². The number of nitrogens with zero attached hydrogens (tertiary/aromatic N) is 2. The monoisotopic (exact) mass is 212 g/mol. The predicted octanol–water partition coefficient (Wildman–Crippen LogP) is 0.514. The number of methoxy groups -OCH3 is 2. The minimum atomic E-state index is 0.147. The van der Waals surface area contributed by atoms with Gasteiger partial charge in [-0.1, -0.05) is 0 Å². The topological polar surface area (TPSA) is 82.3 Å². The Morgan fingerprint density at radius 1 is 1.47 bits per heavy atom. The smallest absolute Gasteiger partial charge is 0.225 e. The lowest BCUT2D eigenvalue weighted by Gasteiger charge is -2.13. The van der Waals surface area contributed by atoms with Crippen LogP contribution in [-0.4, -0.2) is 36.8 Å². The summed E-state index contributed by atoms with van der Waals surface area (Å²) in [6.45, 7) is 2.57. The van der Waals surface area contributed by atoms with Gasteiger partial charge in [0.1, 0.15) is 5.82 Å². The van der Waals surface area contributed by atoms with Crippen molar-refractivity contribution >= 4 is 11.8 Å². The highest BCUT2D eigenvalue weighted by molar-refractivity contribution is 5.43. The van der Waals surface area contributed by atoms with E-state index in [0.29, 0.717) is 18.3 Å². The van der Waals surface area contributed by atoms with E-state index in [2.05, 4.69) is 15.3 Å². The largest absolute Gasteiger partial charge is 0.481 e. The number of nitrogens with one attached hydrogen (secondary N) is 1. The third-order valence-electron chi connectivity index (χ3n) is 1.74. The van der Waals surface area contributed by atoms with Crippen molar-refractivity contribution in [2.45, 2.75) is 13.0 Å². The maximum absolute atomic E-state index is 5.51. The van der Waals surface area contributed by atoms with Gasteiger partial charge in [-0.05, 0) is 6.92 Å². The Hall–Kier alpha value is -1.56. The van der Waals surface area contributed by atoms with Crippen molar-refractivity contribution in [2.75, 3.05) is 31.9 Å². The fraction of sp³-hybridized carbons (Fsp3) is 0.556. The van der Waals surface area contributed by atoms with E-state index in [1.165, 1.54) is 7.11 Å². The van der Waals surface area contributed by atoms with Gasteiger partial charge in [0.05, 0.1) is 13.7 Å². The van der Waals surface area contributed by atoms with E-state index < -0.39 is 0 Å². The van der Waals surface area contributed by atoms with E-state index >= 15 is 0 Å². The number of rotatable bonds is 5. The summed E-state index contributed by atoms with van der Waals surface area (Å²) in [7, 11) is 3.18. The first-order valence-corrected chi connectivity index (χ1v) is 4.59. The third kappa shape index (κ3) is 3.59. The van der Waals surface area contributed by atoms with Crippen molar-refractivity contribution in [3.8, 4) is 5.88 Å². The summed E-state index contributed by atoms with van der Waals surface area (Å²) in [4.78, 5) is 7.90. The van der Waals surface area contributed by atoms with E-state index in [9.17, 15) is 0 Å². The van der Waals surface area contributed by atoms with Gasteiger partial charge >= 0.3 is 0 Å². The highest BCUT2D eigenvalue weighted by atomic mass is 16.5.